The summed E-state index contributed by atoms with van der Waals surface area (Å²) in [4.78, 5) is 42.4. The number of nitrogens with zero attached hydrogens (tertiary/aromatic N) is 1. The highest BCUT2D eigenvalue weighted by molar-refractivity contribution is 6.25. The number of esters is 1. The fourth-order valence-corrected chi connectivity index (χ4v) is 3.02. The van der Waals surface area contributed by atoms with E-state index in [4.69, 9.17) is 15.0 Å². The number of hydrogen-bond acceptors (Lipinski definition) is 7. The van der Waals surface area contributed by atoms with E-state index in [1.165, 1.54) is 0 Å². The van der Waals surface area contributed by atoms with Crippen molar-refractivity contribution in [1.82, 2.24) is 10.3 Å². The smallest absolute Gasteiger partial charge is 0.372 e. The Bertz CT molecular complexity index is 993. The van der Waals surface area contributed by atoms with E-state index in [2.05, 4.69) is 15.1 Å². The van der Waals surface area contributed by atoms with Crippen LogP contribution in [0.5, 0.6) is 5.75 Å². The van der Waals surface area contributed by atoms with Gasteiger partial charge in [0, 0.05) is 36.0 Å². The lowest BCUT2D eigenvalue weighted by Gasteiger charge is -2.20. The van der Waals surface area contributed by atoms with Gasteiger partial charge in [0.05, 0.1) is 23.5 Å². The number of rotatable bonds is 11. The molecule has 0 unspecified atom stereocenters. The van der Waals surface area contributed by atoms with Crippen molar-refractivity contribution in [3.8, 4) is 5.75 Å². The Morgan fingerprint density at radius 3 is 2.71 bits per heavy atom. The second kappa shape index (κ2) is 11.1. The first kappa shape index (κ1) is 23.8. The first-order valence-corrected chi connectivity index (χ1v) is 9.80. The van der Waals surface area contributed by atoms with Gasteiger partial charge in [-0.2, -0.15) is 0 Å². The van der Waals surface area contributed by atoms with Crippen LogP contribution in [0.4, 0.5) is 0 Å². The summed E-state index contributed by atoms with van der Waals surface area (Å²) in [7, 11) is 1.56. The molecule has 0 aliphatic carbocycles. The second-order valence-electron chi connectivity index (χ2n) is 7.26. The van der Waals surface area contributed by atoms with E-state index in [0.29, 0.717) is 5.75 Å². The first-order chi connectivity index (χ1) is 14.7. The average molecular weight is 431 g/mol. The molecule has 0 spiro atoms. The Labute approximate surface area is 179 Å². The van der Waals surface area contributed by atoms with Crippen LogP contribution in [-0.2, 0) is 25.5 Å². The summed E-state index contributed by atoms with van der Waals surface area (Å²) in [6.07, 6.45) is 0.570. The zero-order chi connectivity index (χ0) is 23.0. The lowest BCUT2D eigenvalue weighted by Crippen LogP contribution is -2.47. The Hall–Kier alpha value is -3.49. The number of hydrogen-bond donors (Lipinski definition) is 4. The van der Waals surface area contributed by atoms with Crippen LogP contribution >= 0.6 is 0 Å². The summed E-state index contributed by atoms with van der Waals surface area (Å²) in [6, 6.07) is 4.30. The van der Waals surface area contributed by atoms with Crippen molar-refractivity contribution in [1.29, 1.82) is 5.53 Å². The van der Waals surface area contributed by atoms with Gasteiger partial charge in [0.1, 0.15) is 17.9 Å². The maximum atomic E-state index is 12.5. The normalized spacial score (nSPS) is 12.7. The Balaban J connectivity index is 2.07. The van der Waals surface area contributed by atoms with Crippen LogP contribution in [0.25, 0.3) is 10.9 Å². The molecule has 2 atom stereocenters. The zero-order valence-corrected chi connectivity index (χ0v) is 17.7. The molecular weight excluding hydrogens is 404 g/mol. The molecule has 10 nitrogen and oxygen atoms in total. The predicted molar refractivity (Wildman–Crippen MR) is 111 cm³/mol. The summed E-state index contributed by atoms with van der Waals surface area (Å²) in [5, 5.41) is 13.7. The molecule has 1 amide bonds. The number of ketones is 1. The monoisotopic (exact) mass is 431 g/mol. The maximum absolute atomic E-state index is 12.5. The highest BCUT2D eigenvalue weighted by Gasteiger charge is 2.27. The van der Waals surface area contributed by atoms with Crippen LogP contribution in [0.15, 0.2) is 24.4 Å². The molecule has 2 aromatic rings. The molecule has 2 rings (SSSR count). The molecule has 0 saturated heterocycles. The number of ether oxygens (including phenoxy) is 2. The van der Waals surface area contributed by atoms with E-state index < -0.39 is 35.9 Å². The van der Waals surface area contributed by atoms with Gasteiger partial charge in [0.2, 0.25) is 11.7 Å². The summed E-state index contributed by atoms with van der Waals surface area (Å²) in [6.45, 7) is 3.32. The molecule has 31 heavy (non-hydrogen) atoms. The quantitative estimate of drug-likeness (QED) is 0.181. The van der Waals surface area contributed by atoms with Crippen molar-refractivity contribution in [3.63, 3.8) is 0 Å². The maximum Gasteiger partial charge on any atom is 0.372 e. The van der Waals surface area contributed by atoms with Crippen LogP contribution in [0.2, 0.25) is 0 Å². The van der Waals surface area contributed by atoms with Gasteiger partial charge in [0.15, 0.2) is 0 Å². The first-order valence-electron chi connectivity index (χ1n) is 9.80. The molecule has 0 aliphatic rings. The third kappa shape index (κ3) is 6.77. The number of carbonyl (C=O) groups excluding carboxylic acids is 3. The number of aromatic amines is 1. The van der Waals surface area contributed by atoms with Crippen LogP contribution in [-0.4, -0.2) is 64.1 Å². The fourth-order valence-electron chi connectivity index (χ4n) is 3.02. The van der Waals surface area contributed by atoms with Gasteiger partial charge in [-0.15, -0.1) is 0 Å². The Kier molecular flexibility index (Phi) is 8.48. The summed E-state index contributed by atoms with van der Waals surface area (Å²) in [5.41, 5.74) is 8.21. The molecule has 4 N–H and O–H groups in total. The minimum Gasteiger partial charge on any atom is -0.497 e. The van der Waals surface area contributed by atoms with Gasteiger partial charge in [-0.3, -0.25) is 9.59 Å². The molecule has 0 bridgehead atoms. The van der Waals surface area contributed by atoms with Crippen molar-refractivity contribution < 1.29 is 33.8 Å². The highest BCUT2D eigenvalue weighted by Crippen LogP contribution is 2.24. The topological polar surface area (TPSA) is 156 Å². The number of carbonyl (C=O) groups is 3. The predicted octanol–water partition coefficient (Wildman–Crippen LogP) is 1.18. The van der Waals surface area contributed by atoms with Crippen molar-refractivity contribution in [3.05, 3.63) is 30.0 Å². The molecule has 0 aliphatic heterocycles. The molecule has 166 valence electrons. The number of nitrogens with one attached hydrogen (secondary N) is 3. The number of amides is 1. The molecule has 1 aromatic heterocycles. The van der Waals surface area contributed by atoms with Gasteiger partial charge >= 0.3 is 12.2 Å². The average Bonchev–Trinajstić information content (AvgIpc) is 3.12. The van der Waals surface area contributed by atoms with Gasteiger partial charge < -0.3 is 24.9 Å². The number of benzene rings is 1. The molecular formula is C21H27N4O6+. The lowest BCUT2D eigenvalue weighted by molar-refractivity contribution is -0.152. The van der Waals surface area contributed by atoms with Gasteiger partial charge in [-0.25, -0.2) is 4.79 Å². The number of fused-ring (bicyclic) bond motifs is 1. The number of aliphatic hydroxyl groups excluding tert-OH is 1. The van der Waals surface area contributed by atoms with E-state index in [0.717, 1.165) is 22.7 Å². The lowest BCUT2D eigenvalue weighted by atomic mass is 10.0. The molecule has 1 aromatic carbocycles. The summed E-state index contributed by atoms with van der Waals surface area (Å²) < 4.78 is 10.3. The number of methoxy groups -OCH3 is 1. The number of H-pyrrole nitrogens is 1. The SMILES string of the molecule is COc1ccc2c(C[C@H](O)C(=O)N[C@@H](CCC(=O)C=[N+]=N)C(=O)OC(C)C)c[nH]c2c1. The van der Waals surface area contributed by atoms with E-state index in [-0.39, 0.29) is 19.3 Å². The minimum absolute atomic E-state index is 0.0224. The fraction of sp³-hybridized carbons (Fsp3) is 0.429. The second-order valence-corrected chi connectivity index (χ2v) is 7.26. The molecule has 0 fully saturated rings. The van der Waals surface area contributed by atoms with Gasteiger partial charge in [0.25, 0.3) is 0 Å². The zero-order valence-electron chi connectivity index (χ0n) is 17.7. The van der Waals surface area contributed by atoms with Gasteiger partial charge in [-0.1, -0.05) is 0 Å². The van der Waals surface area contributed by atoms with Crippen molar-refractivity contribution >= 4 is 34.8 Å². The van der Waals surface area contributed by atoms with Crippen LogP contribution < -0.4 is 10.1 Å². The summed E-state index contributed by atoms with van der Waals surface area (Å²) >= 11 is 0. The number of Topliss-reactive ketones (excluding diaryl/α,β-unsaturated/α-hetero) is 1. The van der Waals surface area contributed by atoms with E-state index in [9.17, 15) is 19.5 Å². The Morgan fingerprint density at radius 2 is 2.06 bits per heavy atom. The van der Waals surface area contributed by atoms with E-state index in [1.807, 2.05) is 6.07 Å². The van der Waals surface area contributed by atoms with E-state index in [1.54, 1.807) is 39.3 Å². The number of aromatic nitrogens is 1. The summed E-state index contributed by atoms with van der Waals surface area (Å²) in [5.74, 6) is -1.24. The number of aliphatic hydroxyl groups is 1. The molecule has 0 radical (unpaired) electrons. The van der Waals surface area contributed by atoms with Crippen molar-refractivity contribution in [2.75, 3.05) is 7.11 Å². The molecule has 1 heterocycles. The van der Waals surface area contributed by atoms with E-state index >= 15 is 0 Å². The van der Waals surface area contributed by atoms with Crippen molar-refractivity contribution in [2.24, 2.45) is 0 Å². The Morgan fingerprint density at radius 1 is 1.32 bits per heavy atom. The third-order valence-electron chi connectivity index (χ3n) is 4.53. The van der Waals surface area contributed by atoms with Gasteiger partial charge in [-0.05, 0) is 38.0 Å². The molecule has 10 heteroatoms. The van der Waals surface area contributed by atoms with Crippen molar-refractivity contribution in [2.45, 2.75) is 51.4 Å². The highest BCUT2D eigenvalue weighted by atomic mass is 16.5. The van der Waals surface area contributed by atoms with Crippen LogP contribution in [0, 0.1) is 5.53 Å². The largest absolute Gasteiger partial charge is 0.497 e. The van der Waals surface area contributed by atoms with Crippen LogP contribution in [0.3, 0.4) is 0 Å². The molecule has 0 saturated carbocycles. The minimum atomic E-state index is -1.42. The van der Waals surface area contributed by atoms with Crippen LogP contribution in [0.1, 0.15) is 32.3 Å². The standard InChI is InChI=1S/C21H26N4O6/c1-12(2)31-21(29)17(7-4-14(26)11-24-22)25-20(28)19(27)8-13-10-23-18-9-15(30-3)5-6-16(13)18/h5-6,9-12,17,19,22-23,27H,4,7-8H2,1-3H3/p+1/t17-,19-/m0/s1. The third-order valence-corrected chi connectivity index (χ3v) is 4.53.